The van der Waals surface area contributed by atoms with Crippen molar-refractivity contribution in [2.24, 2.45) is 5.73 Å². The number of carbonyl (C=O) groups excluding carboxylic acids is 1. The molecule has 1 aromatic rings. The summed E-state index contributed by atoms with van der Waals surface area (Å²) in [6.07, 6.45) is 1.62. The molecule has 4 nitrogen and oxygen atoms in total. The van der Waals surface area contributed by atoms with Gasteiger partial charge in [-0.25, -0.2) is 0 Å². The Bertz CT molecular complexity index is 365. The Hall–Kier alpha value is -1.65. The third-order valence-electron chi connectivity index (χ3n) is 2.46. The minimum absolute atomic E-state index is 0.0823. The lowest BCUT2D eigenvalue weighted by atomic mass is 10.1. The maximum absolute atomic E-state index is 12.1. The highest BCUT2D eigenvalue weighted by atomic mass is 16.3. The molecule has 0 aromatic heterocycles. The molecule has 0 aliphatic rings. The number of aliphatic hydroxyl groups is 1. The molecule has 0 fully saturated rings. The summed E-state index contributed by atoms with van der Waals surface area (Å²) in [5.41, 5.74) is 6.66. The largest absolute Gasteiger partial charge is 0.395 e. The zero-order chi connectivity index (χ0) is 12.7. The summed E-state index contributed by atoms with van der Waals surface area (Å²) in [5.74, 6) is -0.204. The van der Waals surface area contributed by atoms with Crippen LogP contribution in [-0.4, -0.2) is 35.6 Å². The summed E-state index contributed by atoms with van der Waals surface area (Å²) >= 11 is 0. The highest BCUT2D eigenvalue weighted by Crippen LogP contribution is 2.12. The standard InChI is InChI=1S/C13H18N2O2/c1-2-8-15(9-10-16)13(17)12(14)11-6-4-3-5-7-11/h2-7,12,16H,1,8-10,14H2/t12-/m0/s1. The van der Waals surface area contributed by atoms with Crippen molar-refractivity contribution in [1.29, 1.82) is 0 Å². The number of carbonyl (C=O) groups is 1. The molecule has 0 unspecified atom stereocenters. The lowest BCUT2D eigenvalue weighted by molar-refractivity contribution is -0.132. The Balaban J connectivity index is 2.76. The monoisotopic (exact) mass is 234 g/mol. The van der Waals surface area contributed by atoms with Gasteiger partial charge in [0.25, 0.3) is 0 Å². The van der Waals surface area contributed by atoms with Gasteiger partial charge >= 0.3 is 0 Å². The van der Waals surface area contributed by atoms with E-state index in [9.17, 15) is 4.79 Å². The van der Waals surface area contributed by atoms with Crippen LogP contribution >= 0.6 is 0 Å². The number of hydrogen-bond donors (Lipinski definition) is 2. The van der Waals surface area contributed by atoms with Crippen LogP contribution in [0.3, 0.4) is 0 Å². The van der Waals surface area contributed by atoms with E-state index in [-0.39, 0.29) is 19.1 Å². The average molecular weight is 234 g/mol. The minimum Gasteiger partial charge on any atom is -0.395 e. The van der Waals surface area contributed by atoms with Crippen molar-refractivity contribution in [3.63, 3.8) is 0 Å². The number of amides is 1. The molecule has 92 valence electrons. The topological polar surface area (TPSA) is 66.6 Å². The fourth-order valence-electron chi connectivity index (χ4n) is 1.57. The van der Waals surface area contributed by atoms with Gasteiger partial charge in [0.15, 0.2) is 0 Å². The van der Waals surface area contributed by atoms with Gasteiger partial charge in [0, 0.05) is 13.1 Å². The molecule has 1 amide bonds. The quantitative estimate of drug-likeness (QED) is 0.712. The van der Waals surface area contributed by atoms with Crippen LogP contribution in [0.2, 0.25) is 0 Å². The van der Waals surface area contributed by atoms with Crippen molar-refractivity contribution in [2.75, 3.05) is 19.7 Å². The van der Waals surface area contributed by atoms with Gasteiger partial charge in [-0.15, -0.1) is 6.58 Å². The van der Waals surface area contributed by atoms with Gasteiger partial charge in [-0.1, -0.05) is 36.4 Å². The van der Waals surface area contributed by atoms with Gasteiger partial charge in [-0.2, -0.15) is 0 Å². The summed E-state index contributed by atoms with van der Waals surface area (Å²) < 4.78 is 0. The molecule has 0 radical (unpaired) electrons. The summed E-state index contributed by atoms with van der Waals surface area (Å²) in [6.45, 7) is 4.16. The molecular formula is C13H18N2O2. The smallest absolute Gasteiger partial charge is 0.244 e. The van der Waals surface area contributed by atoms with Gasteiger partial charge in [-0.3, -0.25) is 4.79 Å². The van der Waals surface area contributed by atoms with Crippen molar-refractivity contribution in [1.82, 2.24) is 4.90 Å². The first kappa shape index (κ1) is 13.4. The number of aliphatic hydroxyl groups excluding tert-OH is 1. The van der Waals surface area contributed by atoms with Gasteiger partial charge < -0.3 is 15.7 Å². The van der Waals surface area contributed by atoms with Crippen LogP contribution in [-0.2, 0) is 4.79 Å². The zero-order valence-corrected chi connectivity index (χ0v) is 9.75. The van der Waals surface area contributed by atoms with E-state index in [0.717, 1.165) is 5.56 Å². The van der Waals surface area contributed by atoms with E-state index in [1.54, 1.807) is 6.08 Å². The van der Waals surface area contributed by atoms with Crippen LogP contribution in [0.25, 0.3) is 0 Å². The number of rotatable bonds is 6. The maximum Gasteiger partial charge on any atom is 0.244 e. The molecule has 4 heteroatoms. The number of nitrogens with two attached hydrogens (primary N) is 1. The van der Waals surface area contributed by atoms with Crippen LogP contribution < -0.4 is 5.73 Å². The molecule has 1 atom stereocenters. The molecule has 1 aromatic carbocycles. The van der Waals surface area contributed by atoms with Crippen molar-refractivity contribution < 1.29 is 9.90 Å². The highest BCUT2D eigenvalue weighted by molar-refractivity contribution is 5.83. The lowest BCUT2D eigenvalue weighted by Gasteiger charge is -2.23. The number of benzene rings is 1. The van der Waals surface area contributed by atoms with Crippen molar-refractivity contribution >= 4 is 5.91 Å². The Morgan fingerprint density at radius 1 is 1.47 bits per heavy atom. The Kier molecular flexibility index (Phi) is 5.39. The molecule has 0 aliphatic heterocycles. The summed E-state index contributed by atoms with van der Waals surface area (Å²) in [4.78, 5) is 13.6. The maximum atomic E-state index is 12.1. The second kappa shape index (κ2) is 6.83. The van der Waals surface area contributed by atoms with E-state index in [1.807, 2.05) is 30.3 Å². The molecule has 0 bridgehead atoms. The van der Waals surface area contributed by atoms with Gasteiger partial charge in [-0.05, 0) is 5.56 Å². The normalized spacial score (nSPS) is 11.9. The van der Waals surface area contributed by atoms with E-state index >= 15 is 0 Å². The van der Waals surface area contributed by atoms with Gasteiger partial charge in [0.2, 0.25) is 5.91 Å². The van der Waals surface area contributed by atoms with Gasteiger partial charge in [0.05, 0.1) is 6.61 Å². The molecule has 17 heavy (non-hydrogen) atoms. The molecule has 3 N–H and O–H groups in total. The Labute approximate surface area is 101 Å². The third kappa shape index (κ3) is 3.69. The molecule has 0 aliphatic carbocycles. The van der Waals surface area contributed by atoms with Crippen molar-refractivity contribution in [2.45, 2.75) is 6.04 Å². The number of nitrogens with zero attached hydrogens (tertiary/aromatic N) is 1. The molecule has 1 rings (SSSR count). The lowest BCUT2D eigenvalue weighted by Crippen LogP contribution is -2.40. The van der Waals surface area contributed by atoms with Crippen LogP contribution in [0.5, 0.6) is 0 Å². The van der Waals surface area contributed by atoms with E-state index in [0.29, 0.717) is 6.54 Å². The van der Waals surface area contributed by atoms with Crippen LogP contribution in [0.15, 0.2) is 43.0 Å². The molecule has 0 saturated heterocycles. The molecule has 0 spiro atoms. The van der Waals surface area contributed by atoms with Crippen LogP contribution in [0.4, 0.5) is 0 Å². The molecular weight excluding hydrogens is 216 g/mol. The van der Waals surface area contributed by atoms with Crippen LogP contribution in [0, 0.1) is 0 Å². The minimum atomic E-state index is -0.692. The first-order chi connectivity index (χ1) is 8.20. The summed E-state index contributed by atoms with van der Waals surface area (Å²) in [7, 11) is 0. The molecule has 0 saturated carbocycles. The van der Waals surface area contributed by atoms with Crippen LogP contribution in [0.1, 0.15) is 11.6 Å². The fourth-order valence-corrected chi connectivity index (χ4v) is 1.57. The molecule has 0 heterocycles. The van der Waals surface area contributed by atoms with E-state index < -0.39 is 6.04 Å². The highest BCUT2D eigenvalue weighted by Gasteiger charge is 2.20. The predicted octanol–water partition coefficient (Wildman–Crippen LogP) is 0.693. The van der Waals surface area contributed by atoms with E-state index in [1.165, 1.54) is 4.90 Å². The SMILES string of the molecule is C=CCN(CCO)C(=O)[C@@H](N)c1ccccc1. The first-order valence-corrected chi connectivity index (χ1v) is 5.51. The predicted molar refractivity (Wildman–Crippen MR) is 67.2 cm³/mol. The van der Waals surface area contributed by atoms with Crippen molar-refractivity contribution in [3.8, 4) is 0 Å². The van der Waals surface area contributed by atoms with E-state index in [4.69, 9.17) is 10.8 Å². The van der Waals surface area contributed by atoms with Gasteiger partial charge in [0.1, 0.15) is 6.04 Å². The summed E-state index contributed by atoms with van der Waals surface area (Å²) in [6, 6.07) is 8.48. The zero-order valence-electron chi connectivity index (χ0n) is 9.75. The second-order valence-electron chi connectivity index (χ2n) is 3.68. The Morgan fingerprint density at radius 2 is 2.12 bits per heavy atom. The Morgan fingerprint density at radius 3 is 2.65 bits per heavy atom. The average Bonchev–Trinajstić information content (AvgIpc) is 2.38. The number of hydrogen-bond acceptors (Lipinski definition) is 3. The summed E-state index contributed by atoms with van der Waals surface area (Å²) in [5, 5.41) is 8.90. The third-order valence-corrected chi connectivity index (χ3v) is 2.46. The second-order valence-corrected chi connectivity index (χ2v) is 3.68. The van der Waals surface area contributed by atoms with Crippen molar-refractivity contribution in [3.05, 3.63) is 48.6 Å². The fraction of sp³-hybridized carbons (Fsp3) is 0.308. The van der Waals surface area contributed by atoms with E-state index in [2.05, 4.69) is 6.58 Å². The first-order valence-electron chi connectivity index (χ1n) is 5.51.